The van der Waals surface area contributed by atoms with Gasteiger partial charge in [-0.15, -0.1) is 0 Å². The average Bonchev–Trinajstić information content (AvgIpc) is 3.09. The third-order valence-electron chi connectivity index (χ3n) is 6.26. The van der Waals surface area contributed by atoms with Crippen LogP contribution in [0.1, 0.15) is 70.3 Å². The third kappa shape index (κ3) is 6.51. The van der Waals surface area contributed by atoms with Gasteiger partial charge in [0, 0.05) is 6.61 Å². The molecular formula is C23H36O5S. The zero-order valence-corrected chi connectivity index (χ0v) is 18.7. The van der Waals surface area contributed by atoms with Crippen molar-refractivity contribution in [1.29, 1.82) is 0 Å². The molecule has 3 rings (SSSR count). The average molecular weight is 425 g/mol. The molecule has 29 heavy (non-hydrogen) atoms. The third-order valence-corrected chi connectivity index (χ3v) is 7.55. The smallest absolute Gasteiger partial charge is 0.296 e. The van der Waals surface area contributed by atoms with Gasteiger partial charge in [-0.25, -0.2) is 0 Å². The Kier molecular flexibility index (Phi) is 8.54. The standard InChI is InChI=1S/C23H36O5S/c1-3-4-5-8-21-19(12-15-22(21)28-23-9-6-7-16-26-23)17-27-29(24,25)20-13-10-18(2)11-14-20/h10-11,13-14,19,21-23H,3-9,12,15-17H2,1-2H3/t19-,21-,22+,23?/m0/s1. The number of rotatable bonds is 10. The molecule has 1 aliphatic carbocycles. The van der Waals surface area contributed by atoms with Crippen LogP contribution >= 0.6 is 0 Å². The number of benzene rings is 1. The Hall–Kier alpha value is -0.950. The molecule has 0 radical (unpaired) electrons. The van der Waals surface area contributed by atoms with Crippen molar-refractivity contribution >= 4 is 10.1 Å². The minimum Gasteiger partial charge on any atom is -0.353 e. The van der Waals surface area contributed by atoms with E-state index >= 15 is 0 Å². The van der Waals surface area contributed by atoms with Crippen LogP contribution in [0.4, 0.5) is 0 Å². The monoisotopic (exact) mass is 424 g/mol. The van der Waals surface area contributed by atoms with E-state index in [9.17, 15) is 8.42 Å². The molecule has 4 atom stereocenters. The van der Waals surface area contributed by atoms with E-state index in [-0.39, 0.29) is 29.8 Å². The van der Waals surface area contributed by atoms with Crippen LogP contribution in [0.5, 0.6) is 0 Å². The second-order valence-electron chi connectivity index (χ2n) is 8.52. The lowest BCUT2D eigenvalue weighted by Crippen LogP contribution is -2.32. The highest BCUT2D eigenvalue weighted by molar-refractivity contribution is 7.86. The Morgan fingerprint density at radius 1 is 1.07 bits per heavy atom. The lowest BCUT2D eigenvalue weighted by atomic mass is 9.90. The van der Waals surface area contributed by atoms with Crippen LogP contribution in [0, 0.1) is 18.8 Å². The summed E-state index contributed by atoms with van der Waals surface area (Å²) in [5, 5.41) is 0. The van der Waals surface area contributed by atoms with Crippen LogP contribution in [-0.4, -0.2) is 34.0 Å². The predicted molar refractivity (Wildman–Crippen MR) is 113 cm³/mol. The maximum atomic E-state index is 12.6. The van der Waals surface area contributed by atoms with Gasteiger partial charge in [0.15, 0.2) is 6.29 Å². The molecule has 1 unspecified atom stereocenters. The minimum absolute atomic E-state index is 0.0987. The Bertz CT molecular complexity index is 709. The molecule has 164 valence electrons. The van der Waals surface area contributed by atoms with Gasteiger partial charge in [-0.1, -0.05) is 43.9 Å². The van der Waals surface area contributed by atoms with Crippen molar-refractivity contribution in [3.63, 3.8) is 0 Å². The summed E-state index contributed by atoms with van der Waals surface area (Å²) in [6.45, 7) is 5.15. The lowest BCUT2D eigenvalue weighted by molar-refractivity contribution is -0.196. The molecule has 0 N–H and O–H groups in total. The molecule has 1 aromatic carbocycles. The fourth-order valence-electron chi connectivity index (χ4n) is 4.50. The van der Waals surface area contributed by atoms with Crippen molar-refractivity contribution < 1.29 is 22.1 Å². The molecule has 1 heterocycles. The summed E-state index contributed by atoms with van der Waals surface area (Å²) < 4.78 is 42.8. The Morgan fingerprint density at radius 2 is 1.86 bits per heavy atom. The number of hydrogen-bond donors (Lipinski definition) is 0. The minimum atomic E-state index is -3.72. The molecule has 1 saturated heterocycles. The SMILES string of the molecule is CCCCC[C@H]1[C@H](COS(=O)(=O)c2ccc(C)cc2)CC[C@H]1OC1CCCCO1. The summed E-state index contributed by atoms with van der Waals surface area (Å²) in [6.07, 6.45) is 9.73. The summed E-state index contributed by atoms with van der Waals surface area (Å²) in [5.74, 6) is 0.543. The highest BCUT2D eigenvalue weighted by Gasteiger charge is 2.39. The molecule has 2 aliphatic rings. The van der Waals surface area contributed by atoms with Gasteiger partial charge in [-0.2, -0.15) is 8.42 Å². The molecule has 1 aliphatic heterocycles. The van der Waals surface area contributed by atoms with Gasteiger partial charge in [0.05, 0.1) is 17.6 Å². The van der Waals surface area contributed by atoms with Gasteiger partial charge >= 0.3 is 0 Å². The first-order valence-corrected chi connectivity index (χ1v) is 12.6. The first-order valence-electron chi connectivity index (χ1n) is 11.2. The summed E-state index contributed by atoms with van der Waals surface area (Å²) in [5.41, 5.74) is 1.03. The van der Waals surface area contributed by atoms with E-state index in [1.165, 1.54) is 12.8 Å². The van der Waals surface area contributed by atoms with E-state index < -0.39 is 10.1 Å². The fourth-order valence-corrected chi connectivity index (χ4v) is 5.46. The van der Waals surface area contributed by atoms with Crippen LogP contribution in [0.3, 0.4) is 0 Å². The van der Waals surface area contributed by atoms with E-state index in [1.54, 1.807) is 24.3 Å². The largest absolute Gasteiger partial charge is 0.353 e. The maximum Gasteiger partial charge on any atom is 0.296 e. The first kappa shape index (κ1) is 22.7. The molecule has 2 fully saturated rings. The zero-order chi connectivity index (χ0) is 20.7. The molecule has 1 aromatic rings. The number of hydrogen-bond acceptors (Lipinski definition) is 5. The summed E-state index contributed by atoms with van der Waals surface area (Å²) >= 11 is 0. The number of unbranched alkanes of at least 4 members (excludes halogenated alkanes) is 2. The van der Waals surface area contributed by atoms with Crippen LogP contribution in [0.25, 0.3) is 0 Å². The normalized spacial score (nSPS) is 27.9. The molecule has 5 nitrogen and oxygen atoms in total. The van der Waals surface area contributed by atoms with Gasteiger partial charge in [0.2, 0.25) is 0 Å². The van der Waals surface area contributed by atoms with Crippen LogP contribution in [0.15, 0.2) is 29.2 Å². The topological polar surface area (TPSA) is 61.8 Å². The zero-order valence-electron chi connectivity index (χ0n) is 17.8. The molecule has 0 amide bonds. The van der Waals surface area contributed by atoms with E-state index in [0.29, 0.717) is 5.92 Å². The van der Waals surface area contributed by atoms with Crippen molar-refractivity contribution in [2.75, 3.05) is 13.2 Å². The van der Waals surface area contributed by atoms with E-state index in [1.807, 2.05) is 6.92 Å². The van der Waals surface area contributed by atoms with Gasteiger partial charge in [-0.3, -0.25) is 4.18 Å². The summed E-state index contributed by atoms with van der Waals surface area (Å²) in [6, 6.07) is 6.83. The summed E-state index contributed by atoms with van der Waals surface area (Å²) in [7, 11) is -3.72. The summed E-state index contributed by atoms with van der Waals surface area (Å²) in [4.78, 5) is 0.229. The van der Waals surface area contributed by atoms with Gasteiger partial charge in [0.25, 0.3) is 10.1 Å². The molecule has 0 bridgehead atoms. The maximum absolute atomic E-state index is 12.6. The van der Waals surface area contributed by atoms with E-state index in [4.69, 9.17) is 13.7 Å². The van der Waals surface area contributed by atoms with Crippen molar-refractivity contribution in [2.45, 2.75) is 88.9 Å². The molecular weight excluding hydrogens is 388 g/mol. The Balaban J connectivity index is 1.60. The highest BCUT2D eigenvalue weighted by atomic mass is 32.2. The highest BCUT2D eigenvalue weighted by Crippen LogP contribution is 2.39. The van der Waals surface area contributed by atoms with Crippen molar-refractivity contribution in [2.24, 2.45) is 11.8 Å². The van der Waals surface area contributed by atoms with Crippen molar-refractivity contribution in [3.05, 3.63) is 29.8 Å². The van der Waals surface area contributed by atoms with Gasteiger partial charge in [-0.05, 0) is 69.4 Å². The molecule has 0 aromatic heterocycles. The Morgan fingerprint density at radius 3 is 2.55 bits per heavy atom. The van der Waals surface area contributed by atoms with Gasteiger partial charge in [0.1, 0.15) is 0 Å². The molecule has 6 heteroatoms. The van der Waals surface area contributed by atoms with Crippen LogP contribution in [0.2, 0.25) is 0 Å². The van der Waals surface area contributed by atoms with Crippen LogP contribution < -0.4 is 0 Å². The first-order chi connectivity index (χ1) is 14.0. The number of ether oxygens (including phenoxy) is 2. The lowest BCUT2D eigenvalue weighted by Gasteiger charge is -2.30. The Labute approximate surface area is 176 Å². The number of aryl methyl sites for hydroxylation is 1. The predicted octanol–water partition coefficient (Wildman–Crippen LogP) is 5.22. The van der Waals surface area contributed by atoms with E-state index in [0.717, 1.165) is 57.1 Å². The van der Waals surface area contributed by atoms with E-state index in [2.05, 4.69) is 6.92 Å². The quantitative estimate of drug-likeness (QED) is 0.381. The van der Waals surface area contributed by atoms with Crippen LogP contribution in [-0.2, 0) is 23.8 Å². The fraction of sp³-hybridized carbons (Fsp3) is 0.739. The molecule has 0 spiro atoms. The van der Waals surface area contributed by atoms with Crippen molar-refractivity contribution in [3.8, 4) is 0 Å². The molecule has 1 saturated carbocycles. The second-order valence-corrected chi connectivity index (χ2v) is 10.1. The van der Waals surface area contributed by atoms with Gasteiger partial charge < -0.3 is 9.47 Å². The second kappa shape index (κ2) is 10.9. The van der Waals surface area contributed by atoms with Crippen molar-refractivity contribution in [1.82, 2.24) is 0 Å².